The minimum atomic E-state index is -0.485. The zero-order chi connectivity index (χ0) is 21.6. The van der Waals surface area contributed by atoms with Crippen LogP contribution in [-0.2, 0) is 16.1 Å². The summed E-state index contributed by atoms with van der Waals surface area (Å²) in [5, 5.41) is 9.05. The summed E-state index contributed by atoms with van der Waals surface area (Å²) in [6, 6.07) is 18.4. The average molecular weight is 418 g/mol. The zero-order valence-electron chi connectivity index (χ0n) is 16.8. The highest BCUT2D eigenvalue weighted by Gasteiger charge is 2.21. The normalized spacial score (nSPS) is 13.3. The van der Waals surface area contributed by atoms with Crippen molar-refractivity contribution in [1.82, 2.24) is 15.8 Å². The lowest BCUT2D eigenvalue weighted by Crippen LogP contribution is -2.36. The standard InChI is InChI=1S/C23H22N4O4/c28-21(24-14-16-8-10-18(11-9-16)27-12-4-7-22(27)29)15-25-23(30)19-13-20(31-26-19)17-5-2-1-3-6-17/h1-3,5-6,8-11,13H,4,7,12,14-15H2,(H,24,28)(H,25,30). The molecule has 0 saturated carbocycles. The van der Waals surface area contributed by atoms with Crippen LogP contribution in [0.25, 0.3) is 11.3 Å². The summed E-state index contributed by atoms with van der Waals surface area (Å²) < 4.78 is 5.20. The smallest absolute Gasteiger partial charge is 0.273 e. The van der Waals surface area contributed by atoms with Gasteiger partial charge in [-0.3, -0.25) is 14.4 Å². The van der Waals surface area contributed by atoms with Gasteiger partial charge in [0, 0.05) is 36.8 Å². The van der Waals surface area contributed by atoms with Gasteiger partial charge in [0.05, 0.1) is 6.54 Å². The third-order valence-electron chi connectivity index (χ3n) is 5.02. The number of nitrogens with zero attached hydrogens (tertiary/aromatic N) is 2. The molecule has 2 aromatic carbocycles. The summed E-state index contributed by atoms with van der Waals surface area (Å²) in [5.74, 6) is -0.186. The molecular weight excluding hydrogens is 396 g/mol. The van der Waals surface area contributed by atoms with E-state index in [1.165, 1.54) is 6.07 Å². The summed E-state index contributed by atoms with van der Waals surface area (Å²) >= 11 is 0. The molecule has 1 aliphatic heterocycles. The van der Waals surface area contributed by atoms with Gasteiger partial charge < -0.3 is 20.1 Å². The molecule has 3 aromatic rings. The van der Waals surface area contributed by atoms with Crippen molar-refractivity contribution in [2.75, 3.05) is 18.0 Å². The first-order valence-electron chi connectivity index (χ1n) is 10.1. The maximum Gasteiger partial charge on any atom is 0.273 e. The van der Waals surface area contributed by atoms with E-state index in [0.29, 0.717) is 18.7 Å². The van der Waals surface area contributed by atoms with Gasteiger partial charge in [0.2, 0.25) is 11.8 Å². The Morgan fingerprint density at radius 3 is 2.52 bits per heavy atom. The Kier molecular flexibility index (Phi) is 6.07. The highest BCUT2D eigenvalue weighted by Crippen LogP contribution is 2.21. The lowest BCUT2D eigenvalue weighted by molar-refractivity contribution is -0.120. The Morgan fingerprint density at radius 2 is 1.81 bits per heavy atom. The number of hydrogen-bond acceptors (Lipinski definition) is 5. The molecule has 0 atom stereocenters. The van der Waals surface area contributed by atoms with E-state index in [4.69, 9.17) is 4.52 Å². The fourth-order valence-corrected chi connectivity index (χ4v) is 3.35. The number of anilines is 1. The molecule has 1 fully saturated rings. The monoisotopic (exact) mass is 418 g/mol. The van der Waals surface area contributed by atoms with Crippen LogP contribution >= 0.6 is 0 Å². The van der Waals surface area contributed by atoms with Crippen LogP contribution in [0, 0.1) is 0 Å². The second-order valence-electron chi connectivity index (χ2n) is 7.22. The van der Waals surface area contributed by atoms with E-state index in [1.54, 1.807) is 4.90 Å². The summed E-state index contributed by atoms with van der Waals surface area (Å²) in [6.07, 6.45) is 1.47. The fraction of sp³-hybridized carbons (Fsp3) is 0.217. The minimum absolute atomic E-state index is 0.110. The Bertz CT molecular complexity index is 1080. The summed E-state index contributed by atoms with van der Waals surface area (Å²) in [4.78, 5) is 37.9. The van der Waals surface area contributed by atoms with E-state index in [0.717, 1.165) is 29.8 Å². The van der Waals surface area contributed by atoms with Gasteiger partial charge in [-0.25, -0.2) is 0 Å². The molecule has 8 heteroatoms. The number of aromatic nitrogens is 1. The highest BCUT2D eigenvalue weighted by molar-refractivity contribution is 5.96. The van der Waals surface area contributed by atoms with Crippen molar-refractivity contribution in [3.63, 3.8) is 0 Å². The van der Waals surface area contributed by atoms with Gasteiger partial charge in [-0.05, 0) is 24.1 Å². The first-order chi connectivity index (χ1) is 15.1. The molecule has 1 aliphatic rings. The topological polar surface area (TPSA) is 105 Å². The molecule has 0 spiro atoms. The van der Waals surface area contributed by atoms with Crippen molar-refractivity contribution in [1.29, 1.82) is 0 Å². The Balaban J connectivity index is 1.23. The number of nitrogens with one attached hydrogen (secondary N) is 2. The molecule has 4 rings (SSSR count). The molecule has 0 aliphatic carbocycles. The highest BCUT2D eigenvalue weighted by atomic mass is 16.5. The number of hydrogen-bond donors (Lipinski definition) is 2. The summed E-state index contributed by atoms with van der Waals surface area (Å²) in [5.41, 5.74) is 2.69. The van der Waals surface area contributed by atoms with Crippen molar-refractivity contribution >= 4 is 23.4 Å². The zero-order valence-corrected chi connectivity index (χ0v) is 16.8. The van der Waals surface area contributed by atoms with Crippen molar-refractivity contribution in [2.45, 2.75) is 19.4 Å². The lowest BCUT2D eigenvalue weighted by atomic mass is 10.1. The van der Waals surface area contributed by atoms with Crippen LogP contribution in [0.15, 0.2) is 65.2 Å². The van der Waals surface area contributed by atoms with Gasteiger partial charge in [-0.1, -0.05) is 47.6 Å². The second-order valence-corrected chi connectivity index (χ2v) is 7.22. The molecule has 0 bridgehead atoms. The molecular formula is C23H22N4O4. The largest absolute Gasteiger partial charge is 0.355 e. The van der Waals surface area contributed by atoms with Crippen LogP contribution < -0.4 is 15.5 Å². The van der Waals surface area contributed by atoms with E-state index in [9.17, 15) is 14.4 Å². The molecule has 2 N–H and O–H groups in total. The third-order valence-corrected chi connectivity index (χ3v) is 5.02. The average Bonchev–Trinajstić information content (AvgIpc) is 3.46. The van der Waals surface area contributed by atoms with Crippen molar-refractivity contribution in [2.24, 2.45) is 0 Å². The Hall–Kier alpha value is -3.94. The van der Waals surface area contributed by atoms with E-state index >= 15 is 0 Å². The predicted molar refractivity (Wildman–Crippen MR) is 114 cm³/mol. The van der Waals surface area contributed by atoms with Gasteiger partial charge in [0.1, 0.15) is 0 Å². The van der Waals surface area contributed by atoms with E-state index in [2.05, 4.69) is 15.8 Å². The van der Waals surface area contributed by atoms with E-state index in [1.807, 2.05) is 54.6 Å². The molecule has 2 heterocycles. The molecule has 0 unspecified atom stereocenters. The van der Waals surface area contributed by atoms with E-state index < -0.39 is 5.91 Å². The van der Waals surface area contributed by atoms with Crippen LogP contribution in [0.4, 0.5) is 5.69 Å². The maximum absolute atomic E-state index is 12.2. The Labute approximate surface area is 179 Å². The second kappa shape index (κ2) is 9.25. The van der Waals surface area contributed by atoms with Crippen molar-refractivity contribution in [3.8, 4) is 11.3 Å². The van der Waals surface area contributed by atoms with Gasteiger partial charge in [0.25, 0.3) is 5.91 Å². The van der Waals surface area contributed by atoms with Gasteiger partial charge in [-0.15, -0.1) is 0 Å². The molecule has 8 nitrogen and oxygen atoms in total. The molecule has 158 valence electrons. The fourth-order valence-electron chi connectivity index (χ4n) is 3.35. The first-order valence-corrected chi connectivity index (χ1v) is 10.1. The van der Waals surface area contributed by atoms with E-state index in [-0.39, 0.29) is 24.1 Å². The quantitative estimate of drug-likeness (QED) is 0.614. The van der Waals surface area contributed by atoms with Crippen LogP contribution in [0.2, 0.25) is 0 Å². The summed E-state index contributed by atoms with van der Waals surface area (Å²) in [6.45, 7) is 0.894. The van der Waals surface area contributed by atoms with Crippen LogP contribution in [-0.4, -0.2) is 36.0 Å². The maximum atomic E-state index is 12.2. The number of carbonyl (C=O) groups is 3. The van der Waals surface area contributed by atoms with Crippen molar-refractivity contribution < 1.29 is 18.9 Å². The number of amides is 3. The first kappa shape index (κ1) is 20.3. The lowest BCUT2D eigenvalue weighted by Gasteiger charge is -2.16. The van der Waals surface area contributed by atoms with Gasteiger partial charge in [0.15, 0.2) is 11.5 Å². The number of rotatable bonds is 7. The minimum Gasteiger partial charge on any atom is -0.355 e. The van der Waals surface area contributed by atoms with Gasteiger partial charge in [-0.2, -0.15) is 0 Å². The molecule has 31 heavy (non-hydrogen) atoms. The predicted octanol–water partition coefficient (Wildman–Crippen LogP) is 2.51. The molecule has 3 amide bonds. The van der Waals surface area contributed by atoms with Crippen molar-refractivity contribution in [3.05, 3.63) is 71.9 Å². The van der Waals surface area contributed by atoms with Crippen LogP contribution in [0.1, 0.15) is 28.9 Å². The molecule has 1 saturated heterocycles. The number of carbonyl (C=O) groups excluding carboxylic acids is 3. The molecule has 1 aromatic heterocycles. The van der Waals surface area contributed by atoms with Crippen LogP contribution in [0.3, 0.4) is 0 Å². The summed E-state index contributed by atoms with van der Waals surface area (Å²) in [7, 11) is 0. The Morgan fingerprint density at radius 1 is 1.03 bits per heavy atom. The third kappa shape index (κ3) is 4.98. The molecule has 0 radical (unpaired) electrons. The SMILES string of the molecule is O=C(CNC(=O)c1cc(-c2ccccc2)on1)NCc1ccc(N2CCCC2=O)cc1. The van der Waals surface area contributed by atoms with Gasteiger partial charge >= 0.3 is 0 Å². The van der Waals surface area contributed by atoms with Crippen LogP contribution in [0.5, 0.6) is 0 Å². The number of benzene rings is 2.